The molecule has 1 heterocycles. The lowest BCUT2D eigenvalue weighted by molar-refractivity contribution is 0.0952. The maximum absolute atomic E-state index is 13.3. The summed E-state index contributed by atoms with van der Waals surface area (Å²) in [6.07, 6.45) is 0.435. The van der Waals surface area contributed by atoms with Crippen LogP contribution in [0.5, 0.6) is 0 Å². The molecule has 0 radical (unpaired) electrons. The monoisotopic (exact) mass is 652 g/mol. The van der Waals surface area contributed by atoms with Crippen LogP contribution in [0.15, 0.2) is 72.8 Å². The molecular formula is C25H22ClIN4O3S2. The number of nitrogens with zero attached hydrogens (tertiary/aromatic N) is 3. The first-order chi connectivity index (χ1) is 17.3. The van der Waals surface area contributed by atoms with Crippen LogP contribution in [0.1, 0.15) is 40.0 Å². The molecule has 3 aromatic carbocycles. The molecule has 0 fully saturated rings. The third-order valence-electron chi connectivity index (χ3n) is 5.53. The van der Waals surface area contributed by atoms with Gasteiger partial charge in [-0.25, -0.2) is 8.51 Å². The Balaban J connectivity index is 1.62. The Morgan fingerprint density at radius 2 is 1.86 bits per heavy atom. The maximum Gasteiger partial charge on any atom is 0.268 e. The van der Waals surface area contributed by atoms with Gasteiger partial charge in [0.05, 0.1) is 23.0 Å². The van der Waals surface area contributed by atoms with E-state index in [1.54, 1.807) is 18.2 Å². The van der Waals surface area contributed by atoms with E-state index in [1.807, 2.05) is 61.5 Å². The van der Waals surface area contributed by atoms with Gasteiger partial charge in [0.1, 0.15) is 5.69 Å². The van der Waals surface area contributed by atoms with Crippen LogP contribution in [0.4, 0.5) is 11.5 Å². The molecule has 186 valence electrons. The predicted molar refractivity (Wildman–Crippen MR) is 153 cm³/mol. The average molecular weight is 653 g/mol. The van der Waals surface area contributed by atoms with E-state index in [9.17, 15) is 13.6 Å². The molecule has 0 aliphatic rings. The molecule has 0 aliphatic carbocycles. The van der Waals surface area contributed by atoms with Crippen LogP contribution < -0.4 is 9.62 Å². The topological polar surface area (TPSA) is 95.4 Å². The van der Waals surface area contributed by atoms with Crippen LogP contribution in [0.25, 0.3) is 0 Å². The number of anilines is 2. The van der Waals surface area contributed by atoms with Crippen molar-refractivity contribution in [1.82, 2.24) is 14.1 Å². The van der Waals surface area contributed by atoms with E-state index in [4.69, 9.17) is 11.6 Å². The van der Waals surface area contributed by atoms with E-state index < -0.39 is 11.3 Å². The smallest absolute Gasteiger partial charge is 0.268 e. The lowest BCUT2D eigenvalue weighted by atomic mass is 10.0. The summed E-state index contributed by atoms with van der Waals surface area (Å²) in [6, 6.07) is 22.3. The number of benzene rings is 3. The summed E-state index contributed by atoms with van der Waals surface area (Å²) in [5, 5.41) is 3.60. The fourth-order valence-electron chi connectivity index (χ4n) is 3.64. The van der Waals surface area contributed by atoms with Crippen molar-refractivity contribution < 1.29 is 13.6 Å². The van der Waals surface area contributed by atoms with Gasteiger partial charge in [-0.3, -0.25) is 9.35 Å². The average Bonchev–Trinajstić information content (AvgIpc) is 3.30. The van der Waals surface area contributed by atoms with Crippen molar-refractivity contribution in [2.45, 2.75) is 19.3 Å². The van der Waals surface area contributed by atoms with Gasteiger partial charge in [0.15, 0.2) is 5.82 Å². The SMILES string of the molecule is CC(CNC(=O)c1ccc(I)cc1N(c1nsnc1Cc1ccccc1)S(=O)O)c1ccc(Cl)cc1. The van der Waals surface area contributed by atoms with Gasteiger partial charge < -0.3 is 5.32 Å². The Hall–Kier alpha value is -2.38. The lowest BCUT2D eigenvalue weighted by Gasteiger charge is -2.22. The first-order valence-electron chi connectivity index (χ1n) is 10.9. The fourth-order valence-corrected chi connectivity index (χ4v) is 5.46. The van der Waals surface area contributed by atoms with E-state index in [1.165, 1.54) is 0 Å². The number of aromatic nitrogens is 2. The Morgan fingerprint density at radius 3 is 2.56 bits per heavy atom. The van der Waals surface area contributed by atoms with Crippen molar-refractivity contribution >= 4 is 74.6 Å². The molecule has 36 heavy (non-hydrogen) atoms. The molecule has 0 saturated carbocycles. The normalized spacial score (nSPS) is 12.7. The highest BCUT2D eigenvalue weighted by atomic mass is 127. The van der Waals surface area contributed by atoms with E-state index in [-0.39, 0.29) is 28.9 Å². The molecule has 11 heteroatoms. The second-order valence-corrected chi connectivity index (χ2v) is 11.1. The van der Waals surface area contributed by atoms with Crippen LogP contribution in [0.3, 0.4) is 0 Å². The summed E-state index contributed by atoms with van der Waals surface area (Å²) >= 11 is 6.55. The molecule has 2 unspecified atom stereocenters. The third-order valence-corrected chi connectivity index (χ3v) is 7.69. The zero-order valence-corrected chi connectivity index (χ0v) is 23.6. The largest absolute Gasteiger partial charge is 0.351 e. The third kappa shape index (κ3) is 6.48. The zero-order valence-electron chi connectivity index (χ0n) is 19.1. The number of rotatable bonds is 9. The van der Waals surface area contributed by atoms with Gasteiger partial charge in [0, 0.05) is 21.6 Å². The van der Waals surface area contributed by atoms with Crippen molar-refractivity contribution in [3.63, 3.8) is 0 Å². The maximum atomic E-state index is 13.3. The predicted octanol–water partition coefficient (Wildman–Crippen LogP) is 6.20. The van der Waals surface area contributed by atoms with Crippen molar-refractivity contribution in [3.8, 4) is 0 Å². The Bertz CT molecular complexity index is 1370. The minimum Gasteiger partial charge on any atom is -0.351 e. The van der Waals surface area contributed by atoms with Gasteiger partial charge >= 0.3 is 0 Å². The molecule has 7 nitrogen and oxygen atoms in total. The summed E-state index contributed by atoms with van der Waals surface area (Å²) in [5.41, 5.74) is 3.13. The number of hydrogen-bond donors (Lipinski definition) is 2. The van der Waals surface area contributed by atoms with E-state index in [2.05, 4.69) is 36.7 Å². The summed E-state index contributed by atoms with van der Waals surface area (Å²) in [6.45, 7) is 2.38. The second kappa shape index (κ2) is 12.2. The molecule has 0 saturated heterocycles. The van der Waals surface area contributed by atoms with E-state index in [0.717, 1.165) is 30.7 Å². The summed E-state index contributed by atoms with van der Waals surface area (Å²) < 4.78 is 33.5. The molecule has 1 amide bonds. The van der Waals surface area contributed by atoms with Gasteiger partial charge in [0.2, 0.25) is 0 Å². The van der Waals surface area contributed by atoms with Crippen LogP contribution in [-0.2, 0) is 17.7 Å². The van der Waals surface area contributed by atoms with Crippen molar-refractivity contribution in [2.75, 3.05) is 10.8 Å². The quantitative estimate of drug-likeness (QED) is 0.166. The summed E-state index contributed by atoms with van der Waals surface area (Å²) in [5.74, 6) is -0.0671. The van der Waals surface area contributed by atoms with Gasteiger partial charge in [-0.1, -0.05) is 61.0 Å². The number of halogens is 2. The second-order valence-electron chi connectivity index (χ2n) is 8.05. The highest BCUT2D eigenvalue weighted by Gasteiger charge is 2.27. The number of carbonyl (C=O) groups is 1. The number of amides is 1. The Labute approximate surface area is 234 Å². The minimum atomic E-state index is -2.49. The van der Waals surface area contributed by atoms with E-state index in [0.29, 0.717) is 23.7 Å². The summed E-state index contributed by atoms with van der Waals surface area (Å²) in [4.78, 5) is 13.3. The van der Waals surface area contributed by atoms with Crippen molar-refractivity contribution in [1.29, 1.82) is 0 Å². The minimum absolute atomic E-state index is 0.0433. The summed E-state index contributed by atoms with van der Waals surface area (Å²) in [7, 11) is 0. The van der Waals surface area contributed by atoms with Gasteiger partial charge in [-0.05, 0) is 70.0 Å². The molecule has 4 aromatic rings. The van der Waals surface area contributed by atoms with Crippen LogP contribution in [-0.4, -0.2) is 30.0 Å². The van der Waals surface area contributed by atoms with E-state index >= 15 is 0 Å². The van der Waals surface area contributed by atoms with Crippen molar-refractivity contribution in [3.05, 3.63) is 104 Å². The van der Waals surface area contributed by atoms with Gasteiger partial charge in [0.25, 0.3) is 17.2 Å². The highest BCUT2D eigenvalue weighted by molar-refractivity contribution is 14.1. The van der Waals surface area contributed by atoms with Gasteiger partial charge in [-0.15, -0.1) is 0 Å². The number of hydrogen-bond acceptors (Lipinski definition) is 5. The van der Waals surface area contributed by atoms with Crippen molar-refractivity contribution in [2.24, 2.45) is 0 Å². The van der Waals surface area contributed by atoms with Gasteiger partial charge in [-0.2, -0.15) is 8.75 Å². The first kappa shape index (κ1) is 26.7. The fraction of sp³-hybridized carbons (Fsp3) is 0.160. The van der Waals surface area contributed by atoms with Crippen LogP contribution in [0, 0.1) is 3.57 Å². The molecule has 0 spiro atoms. The van der Waals surface area contributed by atoms with Crippen LogP contribution in [0.2, 0.25) is 5.02 Å². The van der Waals surface area contributed by atoms with Crippen LogP contribution >= 0.6 is 45.9 Å². The molecule has 1 aromatic heterocycles. The number of carbonyl (C=O) groups excluding carboxylic acids is 1. The molecule has 2 atom stereocenters. The molecule has 4 rings (SSSR count). The zero-order chi connectivity index (χ0) is 25.7. The molecule has 0 bridgehead atoms. The Kier molecular flexibility index (Phi) is 9.07. The lowest BCUT2D eigenvalue weighted by Crippen LogP contribution is -2.30. The number of nitrogens with one attached hydrogen (secondary N) is 1. The molecular weight excluding hydrogens is 631 g/mol. The standard InChI is InChI=1S/C25H22ClIN4O3S2/c1-16(18-7-9-19(26)10-8-18)15-28-25(32)21-12-11-20(27)14-23(21)31(36(33)34)24-22(29-35-30-24)13-17-5-3-2-4-6-17/h2-12,14,16H,13,15H2,1H3,(H,28,32)(H,33,34). The first-order valence-corrected chi connectivity index (χ1v) is 14.2. The Morgan fingerprint density at radius 1 is 1.14 bits per heavy atom. The molecule has 0 aliphatic heterocycles. The highest BCUT2D eigenvalue weighted by Crippen LogP contribution is 2.33. The molecule has 2 N–H and O–H groups in total.